The number of hydrogen-bond donors (Lipinski definition) is 2. The number of thiophene rings is 1. The summed E-state index contributed by atoms with van der Waals surface area (Å²) < 4.78 is 1.96. The number of aromatic nitrogens is 3. The molecule has 0 bridgehead atoms. The predicted molar refractivity (Wildman–Crippen MR) is 140 cm³/mol. The number of guanidine groups is 1. The topological polar surface area (TPSA) is 87.4 Å². The number of aliphatic imine (C=N–C) groups is 1. The molecule has 1 aliphatic heterocycles. The van der Waals surface area contributed by atoms with E-state index in [1.165, 1.54) is 4.88 Å². The van der Waals surface area contributed by atoms with E-state index in [4.69, 9.17) is 4.99 Å². The minimum atomic E-state index is 0. The van der Waals surface area contributed by atoms with Gasteiger partial charge in [-0.3, -0.25) is 4.79 Å². The second kappa shape index (κ2) is 13.1. The van der Waals surface area contributed by atoms with Gasteiger partial charge in [0.2, 0.25) is 5.91 Å². The molecular weight excluding hydrogens is 537 g/mol. The third kappa shape index (κ3) is 7.16. The van der Waals surface area contributed by atoms with E-state index in [0.29, 0.717) is 18.5 Å². The molecule has 2 aromatic heterocycles. The standard InChI is InChI=1S/C22H35N7OS.HI/c1-5-17(6-2)21(30)29-11-9-18(10-12-29)25-22(23-14-19-8-7-13-31-19)24-15-20-27-26-16(3)28(20)4;/h7-8,13,17-18H,5-6,9-12,14-15H2,1-4H3,(H2,23,24,25);1H. The first kappa shape index (κ1) is 26.6. The Morgan fingerprint density at radius 1 is 1.28 bits per heavy atom. The molecule has 2 N–H and O–H groups in total. The molecule has 178 valence electrons. The Labute approximate surface area is 212 Å². The Hall–Kier alpha value is -1.69. The Balaban J connectivity index is 0.00000363. The number of halogens is 1. The average molecular weight is 574 g/mol. The molecule has 0 saturated carbocycles. The van der Waals surface area contributed by atoms with Crippen LogP contribution in [0.1, 0.15) is 56.1 Å². The maximum absolute atomic E-state index is 12.7. The molecule has 0 aliphatic carbocycles. The van der Waals surface area contributed by atoms with Crippen molar-refractivity contribution in [1.82, 2.24) is 30.3 Å². The Kier molecular flexibility index (Phi) is 10.9. The van der Waals surface area contributed by atoms with E-state index in [9.17, 15) is 4.79 Å². The van der Waals surface area contributed by atoms with Crippen molar-refractivity contribution in [2.24, 2.45) is 18.0 Å². The molecule has 1 aliphatic rings. The maximum atomic E-state index is 12.7. The van der Waals surface area contributed by atoms with Crippen LogP contribution in [0.3, 0.4) is 0 Å². The van der Waals surface area contributed by atoms with Gasteiger partial charge in [0.25, 0.3) is 0 Å². The largest absolute Gasteiger partial charge is 0.354 e. The molecule has 3 rings (SSSR count). The van der Waals surface area contributed by atoms with E-state index in [1.807, 2.05) is 23.4 Å². The highest BCUT2D eigenvalue weighted by Gasteiger charge is 2.26. The van der Waals surface area contributed by atoms with Crippen molar-refractivity contribution in [3.63, 3.8) is 0 Å². The highest BCUT2D eigenvalue weighted by atomic mass is 127. The number of hydrogen-bond acceptors (Lipinski definition) is 5. The lowest BCUT2D eigenvalue weighted by molar-refractivity contribution is -0.136. The van der Waals surface area contributed by atoms with E-state index < -0.39 is 0 Å². The summed E-state index contributed by atoms with van der Waals surface area (Å²) in [6.07, 6.45) is 3.68. The van der Waals surface area contributed by atoms with Crippen molar-refractivity contribution >= 4 is 47.2 Å². The Bertz CT molecular complexity index is 856. The van der Waals surface area contributed by atoms with Gasteiger partial charge in [-0.2, -0.15) is 0 Å². The van der Waals surface area contributed by atoms with Gasteiger partial charge in [-0.1, -0.05) is 19.9 Å². The van der Waals surface area contributed by atoms with Gasteiger partial charge in [0.15, 0.2) is 11.8 Å². The van der Waals surface area contributed by atoms with Crippen LogP contribution in [0.4, 0.5) is 0 Å². The minimum Gasteiger partial charge on any atom is -0.354 e. The zero-order chi connectivity index (χ0) is 22.2. The summed E-state index contributed by atoms with van der Waals surface area (Å²) in [4.78, 5) is 20.7. The fourth-order valence-corrected chi connectivity index (χ4v) is 4.45. The van der Waals surface area contributed by atoms with Crippen molar-refractivity contribution in [3.05, 3.63) is 34.0 Å². The number of nitrogens with one attached hydrogen (secondary N) is 2. The second-order valence-corrected chi connectivity index (χ2v) is 9.11. The smallest absolute Gasteiger partial charge is 0.225 e. The van der Waals surface area contributed by atoms with Crippen LogP contribution in [-0.4, -0.2) is 50.7 Å². The summed E-state index contributed by atoms with van der Waals surface area (Å²) in [5.41, 5.74) is 0. The predicted octanol–water partition coefficient (Wildman–Crippen LogP) is 3.47. The molecule has 1 amide bonds. The normalized spacial score (nSPS) is 15.0. The summed E-state index contributed by atoms with van der Waals surface area (Å²) in [5, 5.41) is 17.4. The number of rotatable bonds is 8. The SMILES string of the molecule is CCC(CC)C(=O)N1CCC(NC(=NCc2nnc(C)n2C)NCc2cccs2)CC1.I. The number of aryl methyl sites for hydroxylation is 1. The molecule has 0 unspecified atom stereocenters. The van der Waals surface area contributed by atoms with Crippen LogP contribution < -0.4 is 10.6 Å². The zero-order valence-electron chi connectivity index (χ0n) is 19.5. The van der Waals surface area contributed by atoms with Gasteiger partial charge < -0.3 is 20.1 Å². The molecule has 0 spiro atoms. The van der Waals surface area contributed by atoms with Crippen LogP contribution in [0, 0.1) is 12.8 Å². The molecular formula is C22H36IN7OS. The lowest BCUT2D eigenvalue weighted by Crippen LogP contribution is -2.50. The number of carbonyl (C=O) groups is 1. The minimum absolute atomic E-state index is 0. The molecule has 0 radical (unpaired) electrons. The third-order valence-electron chi connectivity index (χ3n) is 6.05. The van der Waals surface area contributed by atoms with E-state index in [-0.39, 0.29) is 29.9 Å². The number of carbonyl (C=O) groups excluding carboxylic acids is 1. The maximum Gasteiger partial charge on any atom is 0.225 e. The van der Waals surface area contributed by atoms with E-state index in [0.717, 1.165) is 62.9 Å². The van der Waals surface area contributed by atoms with Crippen LogP contribution in [0.5, 0.6) is 0 Å². The average Bonchev–Trinajstić information content (AvgIpc) is 3.42. The van der Waals surface area contributed by atoms with Gasteiger partial charge in [0.05, 0.1) is 6.54 Å². The first-order chi connectivity index (χ1) is 15.0. The van der Waals surface area contributed by atoms with Gasteiger partial charge in [0.1, 0.15) is 12.4 Å². The zero-order valence-corrected chi connectivity index (χ0v) is 22.7. The molecule has 0 aromatic carbocycles. The quantitative estimate of drug-likeness (QED) is 0.287. The summed E-state index contributed by atoms with van der Waals surface area (Å²) in [6, 6.07) is 4.46. The van der Waals surface area contributed by atoms with Crippen LogP contribution in [0.2, 0.25) is 0 Å². The first-order valence-electron chi connectivity index (χ1n) is 11.2. The van der Waals surface area contributed by atoms with Gasteiger partial charge >= 0.3 is 0 Å². The molecule has 32 heavy (non-hydrogen) atoms. The molecule has 1 fully saturated rings. The van der Waals surface area contributed by atoms with Crippen LogP contribution in [0.25, 0.3) is 0 Å². The number of likely N-dealkylation sites (tertiary alicyclic amines) is 1. The fourth-order valence-electron chi connectivity index (χ4n) is 3.81. The van der Waals surface area contributed by atoms with Gasteiger partial charge in [-0.25, -0.2) is 4.99 Å². The summed E-state index contributed by atoms with van der Waals surface area (Å²) in [7, 11) is 1.96. The molecule has 8 nitrogen and oxygen atoms in total. The summed E-state index contributed by atoms with van der Waals surface area (Å²) in [5.74, 6) is 2.95. The lowest BCUT2D eigenvalue weighted by Gasteiger charge is -2.35. The molecule has 0 atom stereocenters. The third-order valence-corrected chi connectivity index (χ3v) is 6.93. The van der Waals surface area contributed by atoms with Crippen molar-refractivity contribution in [1.29, 1.82) is 0 Å². The van der Waals surface area contributed by atoms with Gasteiger partial charge in [-0.05, 0) is 44.1 Å². The van der Waals surface area contributed by atoms with Crippen LogP contribution in [0.15, 0.2) is 22.5 Å². The van der Waals surface area contributed by atoms with Crippen molar-refractivity contribution in [3.8, 4) is 0 Å². The molecule has 3 heterocycles. The van der Waals surface area contributed by atoms with E-state index in [2.05, 4.69) is 52.2 Å². The fraction of sp³-hybridized carbons (Fsp3) is 0.636. The molecule has 10 heteroatoms. The van der Waals surface area contributed by atoms with Gasteiger partial charge in [-0.15, -0.1) is 45.5 Å². The lowest BCUT2D eigenvalue weighted by atomic mass is 9.98. The van der Waals surface area contributed by atoms with Crippen LogP contribution >= 0.6 is 35.3 Å². The number of piperidine rings is 1. The highest BCUT2D eigenvalue weighted by molar-refractivity contribution is 14.0. The van der Waals surface area contributed by atoms with Crippen molar-refractivity contribution in [2.75, 3.05) is 13.1 Å². The number of nitrogens with zero attached hydrogens (tertiary/aromatic N) is 5. The monoisotopic (exact) mass is 573 g/mol. The molecule has 1 saturated heterocycles. The van der Waals surface area contributed by atoms with Gasteiger partial charge in [0, 0.05) is 37.0 Å². The number of amides is 1. The highest BCUT2D eigenvalue weighted by Crippen LogP contribution is 2.17. The van der Waals surface area contributed by atoms with Crippen LogP contribution in [-0.2, 0) is 24.9 Å². The van der Waals surface area contributed by atoms with Crippen molar-refractivity contribution in [2.45, 2.75) is 65.6 Å². The molecule has 2 aromatic rings. The van der Waals surface area contributed by atoms with E-state index >= 15 is 0 Å². The first-order valence-corrected chi connectivity index (χ1v) is 12.1. The van der Waals surface area contributed by atoms with Crippen molar-refractivity contribution < 1.29 is 4.79 Å². The Morgan fingerprint density at radius 2 is 2.00 bits per heavy atom. The second-order valence-electron chi connectivity index (χ2n) is 8.08. The van der Waals surface area contributed by atoms with E-state index in [1.54, 1.807) is 11.3 Å². The summed E-state index contributed by atoms with van der Waals surface area (Å²) >= 11 is 1.73. The Morgan fingerprint density at radius 3 is 2.56 bits per heavy atom. The summed E-state index contributed by atoms with van der Waals surface area (Å²) in [6.45, 7) is 8.92.